The van der Waals surface area contributed by atoms with E-state index in [-0.39, 0.29) is 5.69 Å². The van der Waals surface area contributed by atoms with Crippen LogP contribution < -0.4 is 10.6 Å². The monoisotopic (exact) mass is 362 g/mol. The van der Waals surface area contributed by atoms with Crippen molar-refractivity contribution in [3.8, 4) is 0 Å². The number of halogens is 3. The van der Waals surface area contributed by atoms with Gasteiger partial charge in [0.25, 0.3) is 0 Å². The molecule has 0 saturated carbocycles. The predicted octanol–water partition coefficient (Wildman–Crippen LogP) is 5.25. The Morgan fingerprint density at radius 2 is 1.92 bits per heavy atom. The zero-order chi connectivity index (χ0) is 18.5. The fourth-order valence-electron chi connectivity index (χ4n) is 2.94. The summed E-state index contributed by atoms with van der Waals surface area (Å²) < 4.78 is 40.2. The maximum absolute atomic E-state index is 13.8. The number of hydrogen-bond donors (Lipinski definition) is 2. The van der Waals surface area contributed by atoms with Gasteiger partial charge in [-0.05, 0) is 51.2 Å². The number of nitrogens with one attached hydrogen (secondary N) is 2. The van der Waals surface area contributed by atoms with Crippen LogP contribution in [-0.4, -0.2) is 16.5 Å². The number of benzene rings is 1. The second-order valence-corrected chi connectivity index (χ2v) is 6.35. The molecular weight excluding hydrogens is 341 g/mol. The average molecular weight is 362 g/mol. The topological polar surface area (TPSA) is 49.8 Å². The van der Waals surface area contributed by atoms with Gasteiger partial charge in [0.2, 0.25) is 5.95 Å². The summed E-state index contributed by atoms with van der Waals surface area (Å²) in [4.78, 5) is 8.57. The van der Waals surface area contributed by atoms with Crippen LogP contribution in [0.15, 0.2) is 29.8 Å². The van der Waals surface area contributed by atoms with E-state index in [0.717, 1.165) is 31.4 Å². The van der Waals surface area contributed by atoms with E-state index >= 15 is 0 Å². The van der Waals surface area contributed by atoms with Gasteiger partial charge in [-0.25, -0.2) is 18.2 Å². The molecule has 1 aromatic heterocycles. The fourth-order valence-corrected chi connectivity index (χ4v) is 2.94. The lowest BCUT2D eigenvalue weighted by molar-refractivity contribution is 0.449. The van der Waals surface area contributed by atoms with Crippen LogP contribution in [0, 0.1) is 24.4 Å². The summed E-state index contributed by atoms with van der Waals surface area (Å²) in [5, 5.41) is 5.84. The number of nitrogens with zero attached hydrogens (tertiary/aromatic N) is 2. The van der Waals surface area contributed by atoms with Crippen LogP contribution in [0.3, 0.4) is 0 Å². The van der Waals surface area contributed by atoms with Crippen molar-refractivity contribution in [2.45, 2.75) is 39.0 Å². The van der Waals surface area contributed by atoms with E-state index in [0.29, 0.717) is 24.0 Å². The molecule has 0 fully saturated rings. The number of aryl methyl sites for hydroxylation is 1. The molecule has 1 aromatic carbocycles. The molecule has 1 aliphatic carbocycles. The van der Waals surface area contributed by atoms with Crippen molar-refractivity contribution in [3.63, 3.8) is 0 Å². The van der Waals surface area contributed by atoms with E-state index in [1.165, 1.54) is 18.4 Å². The minimum absolute atomic E-state index is 0.180. The molecule has 1 aliphatic rings. The molecule has 0 aliphatic heterocycles. The van der Waals surface area contributed by atoms with Gasteiger partial charge in [0, 0.05) is 18.3 Å². The van der Waals surface area contributed by atoms with Crippen molar-refractivity contribution < 1.29 is 13.2 Å². The molecule has 1 heterocycles. The van der Waals surface area contributed by atoms with Crippen LogP contribution in [-0.2, 0) is 0 Å². The number of hydrogen-bond acceptors (Lipinski definition) is 4. The summed E-state index contributed by atoms with van der Waals surface area (Å²) in [6.07, 6.45) is 8.00. The lowest BCUT2D eigenvalue weighted by Gasteiger charge is -2.14. The average Bonchev–Trinajstić information content (AvgIpc) is 2.63. The summed E-state index contributed by atoms with van der Waals surface area (Å²) in [6, 6.07) is 3.61. The standard InChI is InChI=1S/C19H21F3N4/c1-12-11-16(25-15-8-7-14(20)17(21)18(15)22)26-19(24-12)23-10-9-13-5-3-2-4-6-13/h5,7-8,11H,2-4,6,9-10H2,1H3,(H2,23,24,25,26). The van der Waals surface area contributed by atoms with Crippen LogP contribution in [0.25, 0.3) is 0 Å². The molecule has 0 unspecified atom stereocenters. The Morgan fingerprint density at radius 3 is 2.69 bits per heavy atom. The van der Waals surface area contributed by atoms with E-state index in [4.69, 9.17) is 0 Å². The summed E-state index contributed by atoms with van der Waals surface area (Å²) >= 11 is 0. The van der Waals surface area contributed by atoms with E-state index in [1.54, 1.807) is 13.0 Å². The van der Waals surface area contributed by atoms with Gasteiger partial charge >= 0.3 is 0 Å². The highest BCUT2D eigenvalue weighted by Gasteiger charge is 2.14. The molecule has 26 heavy (non-hydrogen) atoms. The maximum atomic E-state index is 13.8. The molecule has 0 bridgehead atoms. The van der Waals surface area contributed by atoms with Crippen LogP contribution in [0.1, 0.15) is 37.8 Å². The molecule has 0 spiro atoms. The minimum Gasteiger partial charge on any atom is -0.354 e. The van der Waals surface area contributed by atoms with Crippen molar-refractivity contribution in [1.29, 1.82) is 0 Å². The Kier molecular flexibility index (Phi) is 5.75. The largest absolute Gasteiger partial charge is 0.354 e. The van der Waals surface area contributed by atoms with Gasteiger partial charge < -0.3 is 10.6 Å². The summed E-state index contributed by atoms with van der Waals surface area (Å²) in [5.41, 5.74) is 1.93. The fraction of sp³-hybridized carbons (Fsp3) is 0.368. The minimum atomic E-state index is -1.51. The number of anilines is 3. The van der Waals surface area contributed by atoms with Crippen molar-refractivity contribution in [2.24, 2.45) is 0 Å². The van der Waals surface area contributed by atoms with E-state index in [1.807, 2.05) is 0 Å². The van der Waals surface area contributed by atoms with Crippen molar-refractivity contribution in [3.05, 3.63) is 53.0 Å². The SMILES string of the molecule is Cc1cc(Nc2ccc(F)c(F)c2F)nc(NCCC2=CCCCC2)n1. The van der Waals surface area contributed by atoms with E-state index < -0.39 is 17.5 Å². The third-order valence-corrected chi connectivity index (χ3v) is 4.27. The first-order chi connectivity index (χ1) is 12.5. The van der Waals surface area contributed by atoms with Gasteiger partial charge in [0.15, 0.2) is 17.5 Å². The van der Waals surface area contributed by atoms with Gasteiger partial charge in [0.05, 0.1) is 5.69 Å². The lowest BCUT2D eigenvalue weighted by Crippen LogP contribution is -2.09. The van der Waals surface area contributed by atoms with Gasteiger partial charge in [-0.15, -0.1) is 0 Å². The zero-order valence-corrected chi connectivity index (χ0v) is 14.6. The Balaban J connectivity index is 1.67. The van der Waals surface area contributed by atoms with Crippen molar-refractivity contribution >= 4 is 17.5 Å². The van der Waals surface area contributed by atoms with Crippen LogP contribution >= 0.6 is 0 Å². The van der Waals surface area contributed by atoms with Gasteiger partial charge in [0.1, 0.15) is 5.82 Å². The molecular formula is C19H21F3N4. The predicted molar refractivity (Wildman–Crippen MR) is 96.0 cm³/mol. The first kappa shape index (κ1) is 18.2. The van der Waals surface area contributed by atoms with Crippen LogP contribution in [0.2, 0.25) is 0 Å². The van der Waals surface area contributed by atoms with Gasteiger partial charge in [-0.3, -0.25) is 0 Å². The van der Waals surface area contributed by atoms with Crippen molar-refractivity contribution in [2.75, 3.05) is 17.2 Å². The maximum Gasteiger partial charge on any atom is 0.224 e. The smallest absolute Gasteiger partial charge is 0.224 e. The molecule has 2 aromatic rings. The summed E-state index contributed by atoms with van der Waals surface area (Å²) in [7, 11) is 0. The third kappa shape index (κ3) is 4.53. The molecule has 7 heteroatoms. The van der Waals surface area contributed by atoms with Gasteiger partial charge in [-0.1, -0.05) is 11.6 Å². The van der Waals surface area contributed by atoms with E-state index in [2.05, 4.69) is 26.7 Å². The Labute approximate surface area is 150 Å². The third-order valence-electron chi connectivity index (χ3n) is 4.27. The quantitative estimate of drug-likeness (QED) is 0.544. The summed E-state index contributed by atoms with van der Waals surface area (Å²) in [5.74, 6) is -3.31. The van der Waals surface area contributed by atoms with Gasteiger partial charge in [-0.2, -0.15) is 4.98 Å². The first-order valence-corrected chi connectivity index (χ1v) is 8.71. The second-order valence-electron chi connectivity index (χ2n) is 6.35. The summed E-state index contributed by atoms with van der Waals surface area (Å²) in [6.45, 7) is 2.48. The Morgan fingerprint density at radius 1 is 1.08 bits per heavy atom. The molecule has 138 valence electrons. The zero-order valence-electron chi connectivity index (χ0n) is 14.6. The van der Waals surface area contributed by atoms with E-state index in [9.17, 15) is 13.2 Å². The number of aromatic nitrogens is 2. The molecule has 4 nitrogen and oxygen atoms in total. The first-order valence-electron chi connectivity index (χ1n) is 8.71. The van der Waals surface area contributed by atoms with Crippen LogP contribution in [0.4, 0.5) is 30.6 Å². The number of allylic oxidation sites excluding steroid dienone is 1. The highest BCUT2D eigenvalue weighted by molar-refractivity contribution is 5.58. The molecule has 0 saturated heterocycles. The Bertz CT molecular complexity index is 821. The number of rotatable bonds is 6. The Hall–Kier alpha value is -2.57. The second kappa shape index (κ2) is 8.21. The normalized spacial score (nSPS) is 14.1. The van der Waals surface area contributed by atoms with Crippen molar-refractivity contribution in [1.82, 2.24) is 9.97 Å². The van der Waals surface area contributed by atoms with Crippen LogP contribution in [0.5, 0.6) is 0 Å². The lowest BCUT2D eigenvalue weighted by atomic mass is 9.97. The molecule has 0 atom stereocenters. The molecule has 0 radical (unpaired) electrons. The highest BCUT2D eigenvalue weighted by Crippen LogP contribution is 2.24. The molecule has 3 rings (SSSR count). The molecule has 2 N–H and O–H groups in total. The molecule has 0 amide bonds. The highest BCUT2D eigenvalue weighted by atomic mass is 19.2.